The van der Waals surface area contributed by atoms with E-state index in [1.165, 1.54) is 11.1 Å². The number of fused-ring (bicyclic) bond motifs is 2. The predicted octanol–water partition coefficient (Wildman–Crippen LogP) is 3.23. The Balaban J connectivity index is 1.64. The molecule has 3 heterocycles. The number of thiazole rings is 1. The van der Waals surface area contributed by atoms with E-state index in [1.807, 2.05) is 29.8 Å². The number of carbonyl (C=O) groups excluding carboxylic acids is 2. The second-order valence-electron chi connectivity index (χ2n) is 7.74. The molecular weight excluding hydrogens is 358 g/mol. The van der Waals surface area contributed by atoms with Gasteiger partial charge in [0.25, 0.3) is 0 Å². The van der Waals surface area contributed by atoms with Crippen molar-refractivity contribution >= 4 is 28.8 Å². The molecule has 5 nitrogen and oxygen atoms in total. The first kappa shape index (κ1) is 18.2. The highest BCUT2D eigenvalue weighted by Crippen LogP contribution is 2.47. The monoisotopic (exact) mass is 383 g/mol. The maximum Gasteiger partial charge on any atom is 0.233 e. The van der Waals surface area contributed by atoms with Gasteiger partial charge in [-0.3, -0.25) is 9.59 Å². The first-order valence-electron chi connectivity index (χ1n) is 9.52. The topological polar surface area (TPSA) is 53.5 Å². The van der Waals surface area contributed by atoms with Gasteiger partial charge in [-0.2, -0.15) is 0 Å². The van der Waals surface area contributed by atoms with Gasteiger partial charge in [0, 0.05) is 48.2 Å². The van der Waals surface area contributed by atoms with Crippen LogP contribution < -0.4 is 4.90 Å². The number of anilines is 1. The lowest BCUT2D eigenvalue weighted by Gasteiger charge is -2.25. The average molecular weight is 384 g/mol. The lowest BCUT2D eigenvalue weighted by atomic mass is 9.81. The number of hydrogen-bond donors (Lipinski definition) is 0. The van der Waals surface area contributed by atoms with Crippen LogP contribution in [0.1, 0.15) is 40.8 Å². The SMILES string of the molecule is CCC(=O)N1CCC2(C1)CN(C(=O)Cc1ncc(C)s1)c1ccc(C)cc12. The van der Waals surface area contributed by atoms with Crippen LogP contribution in [-0.4, -0.2) is 41.3 Å². The lowest BCUT2D eigenvalue weighted by molar-refractivity contribution is -0.129. The summed E-state index contributed by atoms with van der Waals surface area (Å²) in [4.78, 5) is 34.7. The Morgan fingerprint density at radius 1 is 1.22 bits per heavy atom. The molecule has 27 heavy (non-hydrogen) atoms. The van der Waals surface area contributed by atoms with Crippen molar-refractivity contribution in [3.63, 3.8) is 0 Å². The first-order valence-corrected chi connectivity index (χ1v) is 10.3. The summed E-state index contributed by atoms with van der Waals surface area (Å²) in [5.74, 6) is 0.288. The summed E-state index contributed by atoms with van der Waals surface area (Å²) in [6.07, 6.45) is 3.60. The molecule has 2 aromatic rings. The molecule has 0 aliphatic carbocycles. The molecule has 0 radical (unpaired) electrons. The first-order chi connectivity index (χ1) is 12.9. The van der Waals surface area contributed by atoms with E-state index in [-0.39, 0.29) is 17.2 Å². The van der Waals surface area contributed by atoms with Crippen LogP contribution in [0.4, 0.5) is 5.69 Å². The minimum absolute atomic E-state index is 0.0894. The Morgan fingerprint density at radius 3 is 2.74 bits per heavy atom. The third kappa shape index (κ3) is 3.16. The highest BCUT2D eigenvalue weighted by atomic mass is 32.1. The van der Waals surface area contributed by atoms with E-state index >= 15 is 0 Å². The van der Waals surface area contributed by atoms with Crippen molar-refractivity contribution in [2.24, 2.45) is 0 Å². The third-order valence-corrected chi connectivity index (χ3v) is 6.67. The van der Waals surface area contributed by atoms with Crippen molar-refractivity contribution in [1.29, 1.82) is 0 Å². The molecule has 1 atom stereocenters. The summed E-state index contributed by atoms with van der Waals surface area (Å²) in [5.41, 5.74) is 3.28. The summed E-state index contributed by atoms with van der Waals surface area (Å²) in [7, 11) is 0. The molecule has 4 rings (SSSR count). The van der Waals surface area contributed by atoms with Crippen LogP contribution in [0.2, 0.25) is 0 Å². The molecule has 1 spiro atoms. The fraction of sp³-hybridized carbons (Fsp3) is 0.476. The molecule has 1 aromatic carbocycles. The van der Waals surface area contributed by atoms with Gasteiger partial charge in [-0.15, -0.1) is 11.3 Å². The molecule has 2 amide bonds. The number of hydrogen-bond acceptors (Lipinski definition) is 4. The largest absolute Gasteiger partial charge is 0.342 e. The highest BCUT2D eigenvalue weighted by molar-refractivity contribution is 7.11. The quantitative estimate of drug-likeness (QED) is 0.818. The highest BCUT2D eigenvalue weighted by Gasteiger charge is 2.49. The maximum atomic E-state index is 13.1. The van der Waals surface area contributed by atoms with Crippen molar-refractivity contribution < 1.29 is 9.59 Å². The van der Waals surface area contributed by atoms with Crippen molar-refractivity contribution in [2.45, 2.75) is 45.4 Å². The Labute approximate surface area is 164 Å². The average Bonchev–Trinajstić information content (AvgIpc) is 3.34. The van der Waals surface area contributed by atoms with Gasteiger partial charge in [0.1, 0.15) is 5.01 Å². The predicted molar refractivity (Wildman–Crippen MR) is 107 cm³/mol. The number of rotatable bonds is 3. The fourth-order valence-electron chi connectivity index (χ4n) is 4.37. The van der Waals surface area contributed by atoms with Gasteiger partial charge in [0.05, 0.1) is 6.42 Å². The van der Waals surface area contributed by atoms with Crippen molar-refractivity contribution in [1.82, 2.24) is 9.88 Å². The Hall–Kier alpha value is -2.21. The van der Waals surface area contributed by atoms with Crippen molar-refractivity contribution in [2.75, 3.05) is 24.5 Å². The van der Waals surface area contributed by atoms with Gasteiger partial charge in [-0.25, -0.2) is 4.98 Å². The number of benzene rings is 1. The zero-order chi connectivity index (χ0) is 19.2. The molecule has 1 fully saturated rings. The number of amides is 2. The standard InChI is InChI=1S/C21H25N3O2S/c1-4-19(25)23-8-7-21(12-23)13-24(17-6-5-14(2)9-16(17)21)20(26)10-18-22-11-15(3)27-18/h5-6,9,11H,4,7-8,10,12-13H2,1-3H3. The number of likely N-dealkylation sites (tertiary alicyclic amines) is 1. The number of aryl methyl sites for hydroxylation is 2. The molecule has 142 valence electrons. The Kier molecular flexibility index (Phi) is 4.54. The minimum atomic E-state index is -0.138. The zero-order valence-corrected chi connectivity index (χ0v) is 16.9. The van der Waals surface area contributed by atoms with E-state index < -0.39 is 0 Å². The number of nitrogens with zero attached hydrogens (tertiary/aromatic N) is 3. The normalized spacial score (nSPS) is 21.1. The van der Waals surface area contributed by atoms with E-state index in [0.717, 1.165) is 28.5 Å². The van der Waals surface area contributed by atoms with Crippen molar-refractivity contribution in [3.8, 4) is 0 Å². The summed E-state index contributed by atoms with van der Waals surface area (Å²) in [6.45, 7) is 8.13. The maximum absolute atomic E-state index is 13.1. The summed E-state index contributed by atoms with van der Waals surface area (Å²) >= 11 is 1.58. The van der Waals surface area contributed by atoms with Crippen LogP contribution in [0, 0.1) is 13.8 Å². The molecule has 1 saturated heterocycles. The molecule has 2 aliphatic rings. The molecule has 1 unspecified atom stereocenters. The van der Waals surface area contributed by atoms with E-state index in [1.54, 1.807) is 11.3 Å². The fourth-order valence-corrected chi connectivity index (χ4v) is 5.15. The molecule has 2 aliphatic heterocycles. The van der Waals surface area contributed by atoms with Gasteiger partial charge >= 0.3 is 0 Å². The summed E-state index contributed by atoms with van der Waals surface area (Å²) < 4.78 is 0. The van der Waals surface area contributed by atoms with E-state index in [2.05, 4.69) is 30.1 Å². The molecule has 0 bridgehead atoms. The molecule has 0 saturated carbocycles. The Morgan fingerprint density at radius 2 is 2.04 bits per heavy atom. The van der Waals surface area contributed by atoms with Crippen LogP contribution in [0.3, 0.4) is 0 Å². The van der Waals surface area contributed by atoms with Crippen molar-refractivity contribution in [3.05, 3.63) is 45.4 Å². The summed E-state index contributed by atoms with van der Waals surface area (Å²) in [5, 5.41) is 0.862. The van der Waals surface area contributed by atoms with Gasteiger partial charge in [0.15, 0.2) is 0 Å². The summed E-state index contributed by atoms with van der Waals surface area (Å²) in [6, 6.07) is 6.33. The minimum Gasteiger partial charge on any atom is -0.342 e. The third-order valence-electron chi connectivity index (χ3n) is 5.76. The van der Waals surface area contributed by atoms with E-state index in [0.29, 0.717) is 25.9 Å². The van der Waals surface area contributed by atoms with Gasteiger partial charge in [-0.1, -0.05) is 24.6 Å². The second-order valence-corrected chi connectivity index (χ2v) is 9.06. The number of carbonyl (C=O) groups is 2. The van der Waals surface area contributed by atoms with Crippen LogP contribution >= 0.6 is 11.3 Å². The smallest absolute Gasteiger partial charge is 0.233 e. The Bertz CT molecular complexity index is 907. The van der Waals surface area contributed by atoms with Crippen LogP contribution in [0.5, 0.6) is 0 Å². The number of aromatic nitrogens is 1. The van der Waals surface area contributed by atoms with Gasteiger partial charge in [0.2, 0.25) is 11.8 Å². The van der Waals surface area contributed by atoms with Gasteiger partial charge in [-0.05, 0) is 31.9 Å². The zero-order valence-electron chi connectivity index (χ0n) is 16.1. The van der Waals surface area contributed by atoms with Crippen LogP contribution in [-0.2, 0) is 21.4 Å². The van der Waals surface area contributed by atoms with Crippen LogP contribution in [0.25, 0.3) is 0 Å². The second kappa shape index (κ2) is 6.75. The molecule has 0 N–H and O–H groups in total. The molecule has 6 heteroatoms. The van der Waals surface area contributed by atoms with E-state index in [4.69, 9.17) is 0 Å². The molecular formula is C21H25N3O2S. The lowest BCUT2D eigenvalue weighted by Crippen LogP contribution is -2.40. The molecule has 1 aromatic heterocycles. The van der Waals surface area contributed by atoms with E-state index in [9.17, 15) is 9.59 Å². The van der Waals surface area contributed by atoms with Gasteiger partial charge < -0.3 is 9.80 Å². The van der Waals surface area contributed by atoms with Crippen LogP contribution in [0.15, 0.2) is 24.4 Å².